The van der Waals surface area contributed by atoms with Crippen molar-refractivity contribution < 1.29 is 14.4 Å². The van der Waals surface area contributed by atoms with Crippen molar-refractivity contribution in [3.05, 3.63) is 29.8 Å². The molecular weight excluding hydrogens is 366 g/mol. The topological polar surface area (TPSA) is 78.5 Å². The predicted octanol–water partition coefficient (Wildman–Crippen LogP) is 3.58. The number of benzene rings is 1. The Morgan fingerprint density at radius 2 is 1.86 bits per heavy atom. The van der Waals surface area contributed by atoms with E-state index in [9.17, 15) is 14.4 Å². The molecule has 0 saturated carbocycles. The SMILES string of the molecule is O=C1CCC(c2cccc(NCCCCCCC(=O)N3CCCCC3)c2)C(=O)N1. The van der Waals surface area contributed by atoms with E-state index in [4.69, 9.17) is 0 Å². The summed E-state index contributed by atoms with van der Waals surface area (Å²) in [5.41, 5.74) is 1.96. The number of piperidine rings is 2. The summed E-state index contributed by atoms with van der Waals surface area (Å²) in [4.78, 5) is 37.5. The standard InChI is InChI=1S/C23H33N3O3/c27-21-13-12-20(23(29)25-21)18-9-8-10-19(17-18)24-14-5-2-1-4-11-22(28)26-15-6-3-7-16-26/h8-10,17,20,24H,1-7,11-16H2,(H,25,27,29). The first kappa shape index (κ1) is 21.3. The van der Waals surface area contributed by atoms with Crippen molar-refractivity contribution in [2.45, 2.75) is 70.1 Å². The van der Waals surface area contributed by atoms with Gasteiger partial charge in [-0.1, -0.05) is 25.0 Å². The molecule has 1 unspecified atom stereocenters. The minimum atomic E-state index is -0.244. The maximum atomic E-state index is 12.1. The molecule has 1 aromatic carbocycles. The van der Waals surface area contributed by atoms with E-state index in [1.807, 2.05) is 29.2 Å². The van der Waals surface area contributed by atoms with Crippen LogP contribution in [-0.4, -0.2) is 42.3 Å². The lowest BCUT2D eigenvalue weighted by Crippen LogP contribution is -2.39. The summed E-state index contributed by atoms with van der Waals surface area (Å²) in [5.74, 6) is -0.296. The van der Waals surface area contributed by atoms with E-state index in [0.717, 1.165) is 69.4 Å². The van der Waals surface area contributed by atoms with Crippen LogP contribution in [0.1, 0.15) is 75.7 Å². The molecule has 2 N–H and O–H groups in total. The predicted molar refractivity (Wildman–Crippen MR) is 114 cm³/mol. The molecule has 0 bridgehead atoms. The first-order chi connectivity index (χ1) is 14.1. The molecule has 1 aromatic rings. The number of carbonyl (C=O) groups excluding carboxylic acids is 3. The monoisotopic (exact) mass is 399 g/mol. The number of hydrogen-bond donors (Lipinski definition) is 2. The summed E-state index contributed by atoms with van der Waals surface area (Å²) >= 11 is 0. The lowest BCUT2D eigenvalue weighted by Gasteiger charge is -2.26. The molecule has 0 radical (unpaired) electrons. The largest absolute Gasteiger partial charge is 0.385 e. The second kappa shape index (κ2) is 11.0. The molecule has 3 rings (SSSR count). The minimum absolute atomic E-state index is 0.182. The minimum Gasteiger partial charge on any atom is -0.385 e. The van der Waals surface area contributed by atoms with E-state index in [1.54, 1.807) is 0 Å². The number of nitrogens with one attached hydrogen (secondary N) is 2. The molecule has 0 aromatic heterocycles. The van der Waals surface area contributed by atoms with E-state index in [2.05, 4.69) is 10.6 Å². The Morgan fingerprint density at radius 1 is 1.07 bits per heavy atom. The fourth-order valence-corrected chi connectivity index (χ4v) is 4.17. The van der Waals surface area contributed by atoms with E-state index in [0.29, 0.717) is 25.2 Å². The van der Waals surface area contributed by atoms with Gasteiger partial charge in [0.25, 0.3) is 0 Å². The zero-order chi connectivity index (χ0) is 20.5. The van der Waals surface area contributed by atoms with Crippen LogP contribution in [-0.2, 0) is 14.4 Å². The lowest BCUT2D eigenvalue weighted by atomic mass is 9.90. The normalized spacial score (nSPS) is 19.7. The number of likely N-dealkylation sites (tertiary alicyclic amines) is 1. The maximum Gasteiger partial charge on any atom is 0.234 e. The lowest BCUT2D eigenvalue weighted by molar-refractivity contribution is -0.134. The van der Waals surface area contributed by atoms with Crippen LogP contribution >= 0.6 is 0 Å². The highest BCUT2D eigenvalue weighted by molar-refractivity contribution is 6.01. The third kappa shape index (κ3) is 6.58. The van der Waals surface area contributed by atoms with E-state index >= 15 is 0 Å². The molecule has 3 amide bonds. The van der Waals surface area contributed by atoms with Crippen molar-refractivity contribution in [1.29, 1.82) is 0 Å². The van der Waals surface area contributed by atoms with Gasteiger partial charge in [0.05, 0.1) is 5.92 Å². The van der Waals surface area contributed by atoms with Gasteiger partial charge >= 0.3 is 0 Å². The zero-order valence-corrected chi connectivity index (χ0v) is 17.3. The molecular formula is C23H33N3O3. The summed E-state index contributed by atoms with van der Waals surface area (Å²) in [6.07, 6.45) is 9.43. The fraction of sp³-hybridized carbons (Fsp3) is 0.609. The van der Waals surface area contributed by atoms with Gasteiger partial charge < -0.3 is 10.2 Å². The smallest absolute Gasteiger partial charge is 0.234 e. The average Bonchev–Trinajstić information content (AvgIpc) is 2.74. The first-order valence-corrected chi connectivity index (χ1v) is 11.1. The van der Waals surface area contributed by atoms with E-state index in [-0.39, 0.29) is 17.7 Å². The van der Waals surface area contributed by atoms with Crippen LogP contribution in [0.5, 0.6) is 0 Å². The Bertz CT molecular complexity index is 713. The number of carbonyl (C=O) groups is 3. The van der Waals surface area contributed by atoms with Crippen LogP contribution in [0.25, 0.3) is 0 Å². The van der Waals surface area contributed by atoms with Crippen molar-refractivity contribution in [1.82, 2.24) is 10.2 Å². The Hall–Kier alpha value is -2.37. The molecule has 29 heavy (non-hydrogen) atoms. The van der Waals surface area contributed by atoms with Crippen LogP contribution in [0.3, 0.4) is 0 Å². The molecule has 2 aliphatic rings. The van der Waals surface area contributed by atoms with Gasteiger partial charge in [0.2, 0.25) is 17.7 Å². The van der Waals surface area contributed by atoms with Crippen LogP contribution < -0.4 is 10.6 Å². The highest BCUT2D eigenvalue weighted by Crippen LogP contribution is 2.26. The van der Waals surface area contributed by atoms with E-state index < -0.39 is 0 Å². The third-order valence-corrected chi connectivity index (χ3v) is 5.88. The Labute approximate surface area is 173 Å². The van der Waals surface area contributed by atoms with Crippen molar-refractivity contribution in [2.24, 2.45) is 0 Å². The maximum absolute atomic E-state index is 12.1. The Kier molecular flexibility index (Phi) is 8.08. The van der Waals surface area contributed by atoms with Gasteiger partial charge in [-0.25, -0.2) is 0 Å². The zero-order valence-electron chi connectivity index (χ0n) is 17.3. The molecule has 2 heterocycles. The average molecular weight is 400 g/mol. The van der Waals surface area contributed by atoms with Gasteiger partial charge in [-0.2, -0.15) is 0 Å². The summed E-state index contributed by atoms with van der Waals surface area (Å²) < 4.78 is 0. The number of anilines is 1. The van der Waals surface area contributed by atoms with Crippen molar-refractivity contribution in [3.63, 3.8) is 0 Å². The summed E-state index contributed by atoms with van der Waals surface area (Å²) in [6.45, 7) is 2.76. The van der Waals surface area contributed by atoms with Gasteiger partial charge in [0.1, 0.15) is 0 Å². The Balaban J connectivity index is 1.31. The quantitative estimate of drug-likeness (QED) is 0.491. The van der Waals surface area contributed by atoms with E-state index in [1.165, 1.54) is 6.42 Å². The van der Waals surface area contributed by atoms with Crippen LogP contribution in [0.15, 0.2) is 24.3 Å². The molecule has 2 fully saturated rings. The molecule has 6 nitrogen and oxygen atoms in total. The molecule has 158 valence electrons. The fourth-order valence-electron chi connectivity index (χ4n) is 4.17. The highest BCUT2D eigenvalue weighted by Gasteiger charge is 2.27. The summed E-state index contributed by atoms with van der Waals surface area (Å²) in [6, 6.07) is 7.92. The van der Waals surface area contributed by atoms with Gasteiger partial charge in [-0.15, -0.1) is 0 Å². The third-order valence-electron chi connectivity index (χ3n) is 5.88. The van der Waals surface area contributed by atoms with Crippen molar-refractivity contribution >= 4 is 23.4 Å². The van der Waals surface area contributed by atoms with Gasteiger partial charge in [-0.05, 0) is 56.2 Å². The molecule has 1 atom stereocenters. The van der Waals surface area contributed by atoms with Crippen LogP contribution in [0.2, 0.25) is 0 Å². The number of imide groups is 1. The second-order valence-corrected chi connectivity index (χ2v) is 8.16. The van der Waals surface area contributed by atoms with Crippen molar-refractivity contribution in [2.75, 3.05) is 25.0 Å². The van der Waals surface area contributed by atoms with Crippen LogP contribution in [0, 0.1) is 0 Å². The first-order valence-electron chi connectivity index (χ1n) is 11.1. The molecule has 0 aliphatic carbocycles. The van der Waals surface area contributed by atoms with Gasteiger partial charge in [0, 0.05) is 38.2 Å². The summed E-state index contributed by atoms with van der Waals surface area (Å²) in [7, 11) is 0. The number of unbranched alkanes of at least 4 members (excludes halogenated alkanes) is 3. The number of nitrogens with zero attached hydrogens (tertiary/aromatic N) is 1. The molecule has 6 heteroatoms. The summed E-state index contributed by atoms with van der Waals surface area (Å²) in [5, 5.41) is 5.85. The van der Waals surface area contributed by atoms with Crippen LogP contribution in [0.4, 0.5) is 5.69 Å². The Morgan fingerprint density at radius 3 is 2.66 bits per heavy atom. The highest BCUT2D eigenvalue weighted by atomic mass is 16.2. The number of amides is 3. The second-order valence-electron chi connectivity index (χ2n) is 8.16. The molecule has 2 aliphatic heterocycles. The molecule has 0 spiro atoms. The van der Waals surface area contributed by atoms with Gasteiger partial charge in [-0.3, -0.25) is 19.7 Å². The number of rotatable bonds is 9. The molecule has 2 saturated heterocycles. The van der Waals surface area contributed by atoms with Crippen molar-refractivity contribution in [3.8, 4) is 0 Å². The van der Waals surface area contributed by atoms with Gasteiger partial charge in [0.15, 0.2) is 0 Å². The number of hydrogen-bond acceptors (Lipinski definition) is 4.